The van der Waals surface area contributed by atoms with Crippen LogP contribution in [0.25, 0.3) is 0 Å². The highest BCUT2D eigenvalue weighted by atomic mass is 16.2. The van der Waals surface area contributed by atoms with E-state index >= 15 is 0 Å². The molecule has 1 amide bonds. The number of anilines is 3. The molecule has 0 saturated carbocycles. The van der Waals surface area contributed by atoms with Crippen molar-refractivity contribution in [1.29, 1.82) is 0 Å². The van der Waals surface area contributed by atoms with E-state index in [-0.39, 0.29) is 42.5 Å². The number of fused-ring (bicyclic) bond motifs is 1. The number of carbonyl (C=O) groups excluding carboxylic acids is 1. The van der Waals surface area contributed by atoms with Gasteiger partial charge in [-0.1, -0.05) is 62.4 Å². The smallest absolute Gasteiger partial charge is 0.330 e. The second-order valence-corrected chi connectivity index (χ2v) is 9.27. The van der Waals surface area contributed by atoms with Crippen LogP contribution < -0.4 is 26.8 Å². The van der Waals surface area contributed by atoms with Crippen molar-refractivity contribution in [2.24, 2.45) is 5.92 Å². The highest BCUT2D eigenvalue weighted by molar-refractivity contribution is 5.98. The van der Waals surface area contributed by atoms with Crippen LogP contribution in [0, 0.1) is 5.92 Å². The van der Waals surface area contributed by atoms with Crippen LogP contribution in [-0.4, -0.2) is 34.6 Å². The van der Waals surface area contributed by atoms with Crippen molar-refractivity contribution >= 4 is 23.1 Å². The number of rotatable bonds is 7. The number of amides is 1. The average molecular weight is 462 g/mol. The van der Waals surface area contributed by atoms with Crippen LogP contribution in [0.1, 0.15) is 31.9 Å². The zero-order valence-electron chi connectivity index (χ0n) is 19.8. The molecular weight excluding hydrogens is 430 g/mol. The predicted octanol–water partition coefficient (Wildman–Crippen LogP) is 2.61. The number of benzene rings is 2. The zero-order chi connectivity index (χ0) is 24.4. The lowest BCUT2D eigenvalue weighted by Gasteiger charge is -2.30. The van der Waals surface area contributed by atoms with Crippen molar-refractivity contribution in [2.75, 3.05) is 28.6 Å². The predicted molar refractivity (Wildman–Crippen MR) is 135 cm³/mol. The maximum atomic E-state index is 13.6. The third-order valence-electron chi connectivity index (χ3n) is 6.17. The quantitative estimate of drug-likeness (QED) is 0.563. The van der Waals surface area contributed by atoms with Gasteiger partial charge < -0.3 is 15.5 Å². The molecule has 1 atom stereocenters. The van der Waals surface area contributed by atoms with Crippen LogP contribution in [0.2, 0.25) is 0 Å². The fourth-order valence-corrected chi connectivity index (χ4v) is 4.55. The molecule has 0 unspecified atom stereocenters. The van der Waals surface area contributed by atoms with E-state index in [1.54, 1.807) is 0 Å². The summed E-state index contributed by atoms with van der Waals surface area (Å²) in [6, 6.07) is 17.6. The number of nitrogens with two attached hydrogens (primary N) is 1. The fourth-order valence-electron chi connectivity index (χ4n) is 4.55. The molecule has 0 radical (unpaired) electrons. The molecule has 1 aliphatic heterocycles. The van der Waals surface area contributed by atoms with Crippen molar-refractivity contribution in [3.8, 4) is 0 Å². The van der Waals surface area contributed by atoms with Gasteiger partial charge in [0.25, 0.3) is 5.56 Å². The Morgan fingerprint density at radius 1 is 1.12 bits per heavy atom. The summed E-state index contributed by atoms with van der Waals surface area (Å²) in [5.41, 5.74) is 8.25. The largest absolute Gasteiger partial charge is 0.383 e. The summed E-state index contributed by atoms with van der Waals surface area (Å²) < 4.78 is 1.31. The van der Waals surface area contributed by atoms with Crippen LogP contribution in [-0.2, 0) is 17.8 Å². The summed E-state index contributed by atoms with van der Waals surface area (Å²) in [4.78, 5) is 45.0. The number of para-hydroxylation sites is 1. The third kappa shape index (κ3) is 4.62. The summed E-state index contributed by atoms with van der Waals surface area (Å²) in [7, 11) is 0. The topological polar surface area (TPSA) is 104 Å². The van der Waals surface area contributed by atoms with Crippen LogP contribution >= 0.6 is 0 Å². The van der Waals surface area contributed by atoms with Gasteiger partial charge in [-0.15, -0.1) is 0 Å². The van der Waals surface area contributed by atoms with E-state index in [1.165, 1.54) is 15.0 Å². The van der Waals surface area contributed by atoms with E-state index in [2.05, 4.69) is 22.9 Å². The number of carbonyl (C=O) groups is 1. The first-order chi connectivity index (χ1) is 16.3. The Kier molecular flexibility index (Phi) is 6.58. The van der Waals surface area contributed by atoms with Crippen LogP contribution in [0.15, 0.2) is 64.2 Å². The van der Waals surface area contributed by atoms with Gasteiger partial charge in [0.1, 0.15) is 5.82 Å². The average Bonchev–Trinajstić information content (AvgIpc) is 3.11. The van der Waals surface area contributed by atoms with Gasteiger partial charge in [-0.2, -0.15) is 0 Å². The summed E-state index contributed by atoms with van der Waals surface area (Å²) in [6.07, 6.45) is 0.859. The van der Waals surface area contributed by atoms with Crippen LogP contribution in [0.5, 0.6) is 0 Å². The van der Waals surface area contributed by atoms with Gasteiger partial charge in [-0.05, 0) is 36.5 Å². The van der Waals surface area contributed by atoms with Gasteiger partial charge in [-0.3, -0.25) is 19.1 Å². The molecule has 8 heteroatoms. The lowest BCUT2D eigenvalue weighted by molar-refractivity contribution is -0.117. The molecule has 2 aromatic carbocycles. The summed E-state index contributed by atoms with van der Waals surface area (Å²) in [6.45, 7) is 6.63. The lowest BCUT2D eigenvalue weighted by atomic mass is 10.1. The Labute approximate surface area is 198 Å². The number of aromatic nitrogens is 2. The number of nitrogen functional groups attached to an aromatic ring is 1. The number of hydrogen-bond acceptors (Lipinski definition) is 5. The van der Waals surface area contributed by atoms with E-state index in [0.29, 0.717) is 6.54 Å². The molecule has 0 spiro atoms. The van der Waals surface area contributed by atoms with Gasteiger partial charge in [0.05, 0.1) is 13.1 Å². The number of nitrogens with zero attached hydrogens (tertiary/aromatic N) is 3. The van der Waals surface area contributed by atoms with Gasteiger partial charge in [0, 0.05) is 18.3 Å². The van der Waals surface area contributed by atoms with Gasteiger partial charge in [0.2, 0.25) is 5.91 Å². The Hall–Kier alpha value is -3.81. The van der Waals surface area contributed by atoms with E-state index in [1.807, 2.05) is 62.4 Å². The number of H-pyrrole nitrogens is 1. The molecule has 34 heavy (non-hydrogen) atoms. The first kappa shape index (κ1) is 23.4. The first-order valence-electron chi connectivity index (χ1n) is 11.6. The molecule has 0 bridgehead atoms. The van der Waals surface area contributed by atoms with Crippen molar-refractivity contribution in [3.63, 3.8) is 0 Å². The summed E-state index contributed by atoms with van der Waals surface area (Å²) in [5, 5.41) is 0. The van der Waals surface area contributed by atoms with Crippen LogP contribution in [0.3, 0.4) is 0 Å². The molecule has 0 saturated heterocycles. The molecule has 178 valence electrons. The summed E-state index contributed by atoms with van der Waals surface area (Å²) >= 11 is 0. The second-order valence-electron chi connectivity index (χ2n) is 9.27. The van der Waals surface area contributed by atoms with E-state index in [4.69, 9.17) is 5.73 Å². The molecule has 3 N–H and O–H groups in total. The Morgan fingerprint density at radius 2 is 1.79 bits per heavy atom. The zero-order valence-corrected chi connectivity index (χ0v) is 19.8. The van der Waals surface area contributed by atoms with Crippen molar-refractivity contribution in [3.05, 3.63) is 86.6 Å². The minimum atomic E-state index is -0.657. The normalized spacial score (nSPS) is 14.9. The minimum absolute atomic E-state index is 0.0125. The molecule has 4 rings (SSSR count). The highest BCUT2D eigenvalue weighted by Crippen LogP contribution is 2.32. The van der Waals surface area contributed by atoms with Gasteiger partial charge >= 0.3 is 5.69 Å². The lowest BCUT2D eigenvalue weighted by Crippen LogP contribution is -2.47. The van der Waals surface area contributed by atoms with Crippen LogP contribution in [0.4, 0.5) is 17.2 Å². The van der Waals surface area contributed by atoms with E-state index in [9.17, 15) is 14.4 Å². The maximum absolute atomic E-state index is 13.6. The SMILES string of the molecule is CC(C)CN(C(=O)CN1c2ccccc2C[C@H]1C)c1c(N)n(Cc2ccccc2)c(=O)[nH]c1=O. The van der Waals surface area contributed by atoms with Gasteiger partial charge in [-0.25, -0.2) is 4.79 Å². The highest BCUT2D eigenvalue weighted by Gasteiger charge is 2.31. The van der Waals surface area contributed by atoms with E-state index < -0.39 is 11.2 Å². The molecule has 0 aliphatic carbocycles. The summed E-state index contributed by atoms with van der Waals surface area (Å²) in [5.74, 6) is -0.165. The molecule has 8 nitrogen and oxygen atoms in total. The molecule has 2 heterocycles. The Bertz CT molecular complexity index is 1300. The minimum Gasteiger partial charge on any atom is -0.383 e. The van der Waals surface area contributed by atoms with E-state index in [0.717, 1.165) is 17.7 Å². The maximum Gasteiger partial charge on any atom is 0.330 e. The number of aromatic amines is 1. The third-order valence-corrected chi connectivity index (χ3v) is 6.17. The van der Waals surface area contributed by atoms with Crippen molar-refractivity contribution in [2.45, 2.75) is 39.8 Å². The Balaban J connectivity index is 1.71. The molecule has 1 aliphatic rings. The standard InChI is InChI=1S/C26H31N5O3/c1-17(2)14-30(22(32)16-29-18(3)13-20-11-7-8-12-21(20)29)23-24(27)31(26(34)28-25(23)33)15-19-9-5-4-6-10-19/h4-12,17-18H,13-16,27H2,1-3H3,(H,28,33,34)/t18-/m1/s1. The Morgan fingerprint density at radius 3 is 2.50 bits per heavy atom. The number of nitrogens with one attached hydrogen (secondary N) is 1. The molecule has 3 aromatic rings. The number of hydrogen-bond donors (Lipinski definition) is 2. The monoisotopic (exact) mass is 461 g/mol. The fraction of sp³-hybridized carbons (Fsp3) is 0.346. The van der Waals surface area contributed by atoms with Crippen molar-refractivity contribution in [1.82, 2.24) is 9.55 Å². The molecule has 1 aromatic heterocycles. The first-order valence-corrected chi connectivity index (χ1v) is 11.6. The molecular formula is C26H31N5O3. The van der Waals surface area contributed by atoms with Gasteiger partial charge in [0.15, 0.2) is 5.69 Å². The molecule has 0 fully saturated rings. The van der Waals surface area contributed by atoms with Crippen molar-refractivity contribution < 1.29 is 4.79 Å². The second kappa shape index (κ2) is 9.59.